The summed E-state index contributed by atoms with van der Waals surface area (Å²) in [5, 5.41) is 9.43. The predicted octanol–water partition coefficient (Wildman–Crippen LogP) is 3.05. The van der Waals surface area contributed by atoms with E-state index in [0.717, 1.165) is 12.1 Å². The highest BCUT2D eigenvalue weighted by atomic mass is 35.5. The first kappa shape index (κ1) is 12.0. The van der Waals surface area contributed by atoms with Crippen molar-refractivity contribution < 1.29 is 0 Å². The first-order valence-electron chi connectivity index (χ1n) is 4.92. The largest absolute Gasteiger partial charge is 0.300 e. The molecular weight excluding hydrogens is 208 g/mol. The van der Waals surface area contributed by atoms with Crippen molar-refractivity contribution in [1.82, 2.24) is 4.90 Å². The molecule has 0 radical (unpaired) electrons. The molecule has 0 amide bonds. The van der Waals surface area contributed by atoms with E-state index in [4.69, 9.17) is 16.9 Å². The van der Waals surface area contributed by atoms with E-state index in [1.54, 1.807) is 6.07 Å². The molecule has 0 aliphatic rings. The lowest BCUT2D eigenvalue weighted by atomic mass is 10.1. The fourth-order valence-corrected chi connectivity index (χ4v) is 1.53. The molecule has 15 heavy (non-hydrogen) atoms. The third kappa shape index (κ3) is 3.54. The van der Waals surface area contributed by atoms with Gasteiger partial charge in [-0.3, -0.25) is 4.90 Å². The molecule has 0 N–H and O–H groups in total. The van der Waals surface area contributed by atoms with Gasteiger partial charge >= 0.3 is 0 Å². The Hall–Kier alpha value is -1.04. The number of hydrogen-bond acceptors (Lipinski definition) is 2. The van der Waals surface area contributed by atoms with Gasteiger partial charge in [0.25, 0.3) is 0 Å². The Balaban J connectivity index is 2.87. The first-order valence-corrected chi connectivity index (χ1v) is 5.30. The van der Waals surface area contributed by atoms with Crippen LogP contribution < -0.4 is 0 Å². The number of halogens is 1. The fraction of sp³-hybridized carbons (Fsp3) is 0.417. The fourth-order valence-electron chi connectivity index (χ4n) is 1.28. The zero-order valence-corrected chi connectivity index (χ0v) is 10.0. The van der Waals surface area contributed by atoms with Crippen molar-refractivity contribution in [2.75, 3.05) is 7.05 Å². The summed E-state index contributed by atoms with van der Waals surface area (Å²) in [5.74, 6) is 0. The molecule has 0 heterocycles. The first-order chi connectivity index (χ1) is 7.02. The zero-order chi connectivity index (χ0) is 11.4. The van der Waals surface area contributed by atoms with E-state index in [2.05, 4.69) is 31.9 Å². The summed E-state index contributed by atoms with van der Waals surface area (Å²) in [6, 6.07) is 8.05. The molecular formula is C12H15ClN2. The van der Waals surface area contributed by atoms with Crippen molar-refractivity contribution in [2.45, 2.75) is 26.4 Å². The van der Waals surface area contributed by atoms with Crippen LogP contribution in [0.1, 0.15) is 25.0 Å². The normalized spacial score (nSPS) is 10.7. The van der Waals surface area contributed by atoms with Crippen LogP contribution >= 0.6 is 11.6 Å². The minimum absolute atomic E-state index is 0.481. The van der Waals surface area contributed by atoms with Gasteiger partial charge in [-0.15, -0.1) is 0 Å². The summed E-state index contributed by atoms with van der Waals surface area (Å²) in [4.78, 5) is 2.20. The number of nitrogens with zero attached hydrogens (tertiary/aromatic N) is 2. The van der Waals surface area contributed by atoms with Crippen LogP contribution in [0, 0.1) is 11.3 Å². The van der Waals surface area contributed by atoms with Crippen LogP contribution in [0.5, 0.6) is 0 Å². The Kier molecular flexibility index (Phi) is 4.14. The van der Waals surface area contributed by atoms with E-state index in [0.29, 0.717) is 16.6 Å². The molecule has 0 unspecified atom stereocenters. The van der Waals surface area contributed by atoms with Gasteiger partial charge in [0.05, 0.1) is 11.6 Å². The summed E-state index contributed by atoms with van der Waals surface area (Å²) >= 11 is 5.92. The molecule has 0 aliphatic heterocycles. The van der Waals surface area contributed by atoms with E-state index in [9.17, 15) is 0 Å². The molecule has 1 aromatic carbocycles. The van der Waals surface area contributed by atoms with Crippen LogP contribution in [0.4, 0.5) is 0 Å². The lowest BCUT2D eigenvalue weighted by molar-refractivity contribution is 0.266. The minimum atomic E-state index is 0.481. The molecule has 0 atom stereocenters. The van der Waals surface area contributed by atoms with Gasteiger partial charge in [0.2, 0.25) is 0 Å². The van der Waals surface area contributed by atoms with Crippen LogP contribution in [-0.2, 0) is 6.54 Å². The molecule has 0 spiro atoms. The number of hydrogen-bond donors (Lipinski definition) is 0. The molecule has 0 aromatic heterocycles. The Labute approximate surface area is 96.1 Å². The van der Waals surface area contributed by atoms with Gasteiger partial charge in [0.15, 0.2) is 0 Å². The maximum atomic E-state index is 8.81. The molecule has 0 saturated heterocycles. The van der Waals surface area contributed by atoms with Crippen molar-refractivity contribution in [3.05, 3.63) is 34.3 Å². The van der Waals surface area contributed by atoms with Crippen LogP contribution in [-0.4, -0.2) is 18.0 Å². The Morgan fingerprint density at radius 2 is 2.07 bits per heavy atom. The molecule has 1 aromatic rings. The van der Waals surface area contributed by atoms with Crippen molar-refractivity contribution >= 4 is 11.6 Å². The molecule has 0 bridgehead atoms. The van der Waals surface area contributed by atoms with Gasteiger partial charge in [-0.1, -0.05) is 11.6 Å². The van der Waals surface area contributed by atoms with Gasteiger partial charge in [-0.05, 0) is 44.7 Å². The average molecular weight is 223 g/mol. The molecule has 0 fully saturated rings. The van der Waals surface area contributed by atoms with E-state index < -0.39 is 0 Å². The lowest BCUT2D eigenvalue weighted by Gasteiger charge is -2.21. The number of benzene rings is 1. The van der Waals surface area contributed by atoms with Gasteiger partial charge in [-0.2, -0.15) is 5.26 Å². The number of nitriles is 1. The third-order valence-electron chi connectivity index (χ3n) is 2.40. The second-order valence-electron chi connectivity index (χ2n) is 3.97. The highest BCUT2D eigenvalue weighted by molar-refractivity contribution is 6.30. The Bertz CT molecular complexity index is 380. The van der Waals surface area contributed by atoms with Crippen LogP contribution in [0.25, 0.3) is 0 Å². The molecule has 2 nitrogen and oxygen atoms in total. The van der Waals surface area contributed by atoms with Crippen molar-refractivity contribution in [2.24, 2.45) is 0 Å². The standard InChI is InChI=1S/C12H15ClN2/c1-9(2)15(3)8-11-4-10(7-14)5-12(13)6-11/h4-6,9H,8H2,1-3H3. The third-order valence-corrected chi connectivity index (χ3v) is 2.62. The topological polar surface area (TPSA) is 27.0 Å². The van der Waals surface area contributed by atoms with Crippen LogP contribution in [0.2, 0.25) is 5.02 Å². The van der Waals surface area contributed by atoms with E-state index in [-0.39, 0.29) is 0 Å². The van der Waals surface area contributed by atoms with Crippen LogP contribution in [0.15, 0.2) is 18.2 Å². The summed E-state index contributed by atoms with van der Waals surface area (Å²) in [6.07, 6.45) is 0. The van der Waals surface area contributed by atoms with Gasteiger partial charge in [-0.25, -0.2) is 0 Å². The summed E-state index contributed by atoms with van der Waals surface area (Å²) < 4.78 is 0. The summed E-state index contributed by atoms with van der Waals surface area (Å²) in [6.45, 7) is 5.08. The smallest absolute Gasteiger partial charge is 0.0992 e. The van der Waals surface area contributed by atoms with Crippen molar-refractivity contribution in [3.63, 3.8) is 0 Å². The highest BCUT2D eigenvalue weighted by Crippen LogP contribution is 2.16. The lowest BCUT2D eigenvalue weighted by Crippen LogP contribution is -2.25. The van der Waals surface area contributed by atoms with Gasteiger partial charge < -0.3 is 0 Å². The Morgan fingerprint density at radius 3 is 2.60 bits per heavy atom. The molecule has 0 saturated carbocycles. The zero-order valence-electron chi connectivity index (χ0n) is 9.29. The molecule has 0 aliphatic carbocycles. The maximum Gasteiger partial charge on any atom is 0.0992 e. The molecule has 1 rings (SSSR count). The van der Waals surface area contributed by atoms with Crippen molar-refractivity contribution in [3.8, 4) is 6.07 Å². The summed E-state index contributed by atoms with van der Waals surface area (Å²) in [7, 11) is 2.05. The predicted molar refractivity (Wildman–Crippen MR) is 62.8 cm³/mol. The van der Waals surface area contributed by atoms with E-state index >= 15 is 0 Å². The van der Waals surface area contributed by atoms with E-state index in [1.807, 2.05) is 12.1 Å². The summed E-state index contributed by atoms with van der Waals surface area (Å²) in [5.41, 5.74) is 1.70. The second kappa shape index (κ2) is 5.16. The monoisotopic (exact) mass is 222 g/mol. The quantitative estimate of drug-likeness (QED) is 0.786. The Morgan fingerprint density at radius 1 is 1.40 bits per heavy atom. The molecule has 3 heteroatoms. The second-order valence-corrected chi connectivity index (χ2v) is 4.41. The molecule has 80 valence electrons. The SMILES string of the molecule is CC(C)N(C)Cc1cc(Cl)cc(C#N)c1. The highest BCUT2D eigenvalue weighted by Gasteiger charge is 2.05. The maximum absolute atomic E-state index is 8.81. The van der Waals surface area contributed by atoms with E-state index in [1.165, 1.54) is 0 Å². The average Bonchev–Trinajstić information content (AvgIpc) is 2.16. The van der Waals surface area contributed by atoms with Crippen molar-refractivity contribution in [1.29, 1.82) is 5.26 Å². The minimum Gasteiger partial charge on any atom is -0.300 e. The van der Waals surface area contributed by atoms with Gasteiger partial charge in [0, 0.05) is 17.6 Å². The van der Waals surface area contributed by atoms with Crippen LogP contribution in [0.3, 0.4) is 0 Å². The van der Waals surface area contributed by atoms with Gasteiger partial charge in [0.1, 0.15) is 0 Å². The number of rotatable bonds is 3.